The van der Waals surface area contributed by atoms with Gasteiger partial charge in [-0.3, -0.25) is 4.98 Å². The molecule has 4 aliphatic rings. The zero-order chi connectivity index (χ0) is 37.8. The maximum absolute atomic E-state index is 12.6. The SMILES string of the molecule is C=CCOC12Oc3ccc(OC(=O)NCC)cc3C3C(CCCCO)C(CCCCO)C=C(C(=NOC4CCCCO4)CC1SCCc1ccncc1)C32. The second-order valence-electron chi connectivity index (χ2n) is 14.5. The standard InChI is InChI=1S/C42H57N3O8S/c1-3-23-50-42-37(54-25-18-29-16-19-43-20-17-29)28-35(45-53-38-13-7-10-24-49-38)33-26-30(11-5-8-21-46)32(12-6-9-22-47)39(40(33)42)34-27-31(14-15-36(34)52-42)51-41(48)44-4-2/h3,14-17,19-20,26-27,30,32,37-40,46-47H,1,4-13,18,21-25,28H2,2H3,(H,44,48). The molecule has 0 radical (unpaired) electrons. The number of oxime groups is 1. The van der Waals surface area contributed by atoms with E-state index >= 15 is 0 Å². The molecule has 1 amide bonds. The summed E-state index contributed by atoms with van der Waals surface area (Å²) in [6.45, 7) is 7.55. The Balaban J connectivity index is 1.49. The van der Waals surface area contributed by atoms with Crippen molar-refractivity contribution in [3.05, 3.63) is 78.2 Å². The van der Waals surface area contributed by atoms with Gasteiger partial charge in [0.1, 0.15) is 11.5 Å². The van der Waals surface area contributed by atoms with Gasteiger partial charge in [0, 0.05) is 56.5 Å². The Morgan fingerprint density at radius 3 is 2.69 bits per heavy atom. The summed E-state index contributed by atoms with van der Waals surface area (Å²) in [6, 6.07) is 9.76. The Morgan fingerprint density at radius 1 is 1.13 bits per heavy atom. The number of ether oxygens (including phenoxy) is 4. The number of hydrogen-bond acceptors (Lipinski definition) is 11. The topological polar surface area (TPSA) is 141 Å². The number of rotatable bonds is 19. The molecule has 54 heavy (non-hydrogen) atoms. The number of pyridine rings is 1. The number of nitrogens with zero attached hydrogens (tertiary/aromatic N) is 2. The molecule has 6 rings (SSSR count). The Hall–Kier alpha value is -3.42. The first-order valence-corrected chi connectivity index (χ1v) is 20.9. The molecular formula is C42H57N3O8S. The molecule has 1 aromatic carbocycles. The van der Waals surface area contributed by atoms with Crippen LogP contribution in [0.2, 0.25) is 0 Å². The number of aromatic nitrogens is 1. The molecule has 1 aromatic heterocycles. The predicted molar refractivity (Wildman–Crippen MR) is 210 cm³/mol. The Labute approximate surface area is 323 Å². The summed E-state index contributed by atoms with van der Waals surface area (Å²) in [5.41, 5.74) is 4.10. The van der Waals surface area contributed by atoms with Crippen molar-refractivity contribution in [2.45, 2.75) is 101 Å². The van der Waals surface area contributed by atoms with Crippen molar-refractivity contribution in [1.82, 2.24) is 10.3 Å². The van der Waals surface area contributed by atoms with Crippen molar-refractivity contribution in [2.75, 3.05) is 38.7 Å². The van der Waals surface area contributed by atoms with Crippen LogP contribution in [0.3, 0.4) is 0 Å². The molecule has 2 aromatic rings. The zero-order valence-electron chi connectivity index (χ0n) is 31.5. The van der Waals surface area contributed by atoms with Crippen LogP contribution in [-0.2, 0) is 20.7 Å². The fourth-order valence-electron chi connectivity index (χ4n) is 8.61. The summed E-state index contributed by atoms with van der Waals surface area (Å²) < 4.78 is 26.0. The van der Waals surface area contributed by atoms with E-state index in [1.54, 1.807) is 12.1 Å². The smallest absolute Gasteiger partial charge is 0.412 e. The highest BCUT2D eigenvalue weighted by Gasteiger charge is 2.64. The van der Waals surface area contributed by atoms with Gasteiger partial charge in [-0.1, -0.05) is 30.1 Å². The second-order valence-corrected chi connectivity index (χ2v) is 15.9. The summed E-state index contributed by atoms with van der Waals surface area (Å²) in [7, 11) is 0. The van der Waals surface area contributed by atoms with E-state index in [4.69, 9.17) is 28.9 Å². The number of fused-ring (bicyclic) bond motifs is 2. The first kappa shape index (κ1) is 40.2. The van der Waals surface area contributed by atoms with E-state index in [0.717, 1.165) is 74.0 Å². The van der Waals surface area contributed by atoms with Crippen LogP contribution in [0.15, 0.2) is 72.2 Å². The van der Waals surface area contributed by atoms with Gasteiger partial charge in [-0.05, 0) is 111 Å². The van der Waals surface area contributed by atoms with Gasteiger partial charge in [-0.2, -0.15) is 11.8 Å². The van der Waals surface area contributed by atoms with Crippen molar-refractivity contribution in [1.29, 1.82) is 0 Å². The van der Waals surface area contributed by atoms with Gasteiger partial charge in [0.25, 0.3) is 0 Å². The molecule has 2 fully saturated rings. The molecule has 11 nitrogen and oxygen atoms in total. The lowest BCUT2D eigenvalue weighted by Crippen LogP contribution is -2.64. The summed E-state index contributed by atoms with van der Waals surface area (Å²) in [6.07, 6.45) is 16.0. The van der Waals surface area contributed by atoms with Crippen LogP contribution in [0.4, 0.5) is 4.79 Å². The van der Waals surface area contributed by atoms with Crippen LogP contribution in [0.1, 0.15) is 88.2 Å². The van der Waals surface area contributed by atoms with Gasteiger partial charge in [-0.15, -0.1) is 6.58 Å². The van der Waals surface area contributed by atoms with E-state index in [2.05, 4.69) is 35.1 Å². The van der Waals surface area contributed by atoms with E-state index in [-0.39, 0.29) is 42.1 Å². The molecular weight excluding hydrogens is 707 g/mol. The molecule has 3 N–H and O–H groups in total. The molecule has 1 saturated carbocycles. The Bertz CT molecular complexity index is 1580. The number of hydrogen-bond donors (Lipinski definition) is 3. The molecule has 3 heterocycles. The number of allylic oxidation sites excluding steroid dienone is 1. The van der Waals surface area contributed by atoms with Crippen molar-refractivity contribution in [3.8, 4) is 11.5 Å². The van der Waals surface area contributed by atoms with Crippen LogP contribution in [0, 0.1) is 17.8 Å². The molecule has 294 valence electrons. The highest BCUT2D eigenvalue weighted by Crippen LogP contribution is 2.62. The third-order valence-corrected chi connectivity index (χ3v) is 12.4. The quantitative estimate of drug-likeness (QED) is 0.0757. The lowest BCUT2D eigenvalue weighted by Gasteiger charge is -2.58. The van der Waals surface area contributed by atoms with E-state index in [1.807, 2.05) is 43.2 Å². The molecule has 0 spiro atoms. The number of nitrogens with one attached hydrogen (secondary N) is 1. The number of amides is 1. The summed E-state index contributed by atoms with van der Waals surface area (Å²) in [5, 5.41) is 27.1. The molecule has 7 atom stereocenters. The minimum absolute atomic E-state index is 0.103. The fraction of sp³-hybridized carbons (Fsp3) is 0.595. The normalized spacial score (nSPS) is 27.9. The Morgan fingerprint density at radius 2 is 1.94 bits per heavy atom. The number of benzene rings is 1. The molecule has 7 unspecified atom stereocenters. The molecule has 1 saturated heterocycles. The maximum Gasteiger partial charge on any atom is 0.412 e. The van der Waals surface area contributed by atoms with Gasteiger partial charge in [0.2, 0.25) is 12.1 Å². The van der Waals surface area contributed by atoms with Crippen molar-refractivity contribution in [3.63, 3.8) is 0 Å². The number of aryl methyl sites for hydroxylation is 1. The summed E-state index contributed by atoms with van der Waals surface area (Å²) in [4.78, 5) is 23.0. The zero-order valence-corrected chi connectivity index (χ0v) is 32.4. The number of carbonyl (C=O) groups excluding carboxylic acids is 1. The highest BCUT2D eigenvalue weighted by molar-refractivity contribution is 8.00. The number of aliphatic hydroxyl groups is 2. The van der Waals surface area contributed by atoms with E-state index in [0.29, 0.717) is 50.5 Å². The molecule has 2 aliphatic carbocycles. The minimum atomic E-state index is -1.08. The minimum Gasteiger partial charge on any atom is -0.460 e. The van der Waals surface area contributed by atoms with Crippen LogP contribution in [0.25, 0.3) is 0 Å². The molecule has 12 heteroatoms. The van der Waals surface area contributed by atoms with Crippen LogP contribution in [-0.4, -0.2) is 83.1 Å². The Kier molecular flexibility index (Phi) is 14.9. The van der Waals surface area contributed by atoms with E-state index in [9.17, 15) is 15.0 Å². The van der Waals surface area contributed by atoms with Crippen molar-refractivity contribution in [2.24, 2.45) is 22.9 Å². The second kappa shape index (κ2) is 20.0. The van der Waals surface area contributed by atoms with Crippen LogP contribution >= 0.6 is 11.8 Å². The average molecular weight is 764 g/mol. The van der Waals surface area contributed by atoms with Crippen molar-refractivity contribution < 1.29 is 38.8 Å². The average Bonchev–Trinajstić information content (AvgIpc) is 3.19. The third kappa shape index (κ3) is 9.50. The number of carbonyl (C=O) groups is 1. The predicted octanol–water partition coefficient (Wildman–Crippen LogP) is 7.33. The van der Waals surface area contributed by atoms with E-state index in [1.165, 1.54) is 5.56 Å². The summed E-state index contributed by atoms with van der Waals surface area (Å²) >= 11 is 1.83. The molecule has 0 bridgehead atoms. The van der Waals surface area contributed by atoms with Gasteiger partial charge >= 0.3 is 6.09 Å². The summed E-state index contributed by atoms with van der Waals surface area (Å²) in [5.74, 6) is 0.803. The van der Waals surface area contributed by atoms with Crippen LogP contribution < -0.4 is 14.8 Å². The monoisotopic (exact) mass is 763 g/mol. The number of thioether (sulfide) groups is 1. The van der Waals surface area contributed by atoms with Crippen molar-refractivity contribution >= 4 is 23.6 Å². The third-order valence-electron chi connectivity index (χ3n) is 11.0. The number of aliphatic hydroxyl groups excluding tert-OH is 2. The largest absolute Gasteiger partial charge is 0.460 e. The highest BCUT2D eigenvalue weighted by atomic mass is 32.2. The van der Waals surface area contributed by atoms with Gasteiger partial charge < -0.3 is 39.3 Å². The fourth-order valence-corrected chi connectivity index (χ4v) is 10.0. The lowest BCUT2D eigenvalue weighted by atomic mass is 9.56. The number of unbranched alkanes of at least 4 members (excludes halogenated alkanes) is 2. The first-order chi connectivity index (χ1) is 26.5. The van der Waals surface area contributed by atoms with Gasteiger partial charge in [0.15, 0.2) is 0 Å². The first-order valence-electron chi connectivity index (χ1n) is 19.8. The van der Waals surface area contributed by atoms with E-state index < -0.39 is 18.2 Å². The molecule has 2 aliphatic heterocycles. The van der Waals surface area contributed by atoms with Gasteiger partial charge in [0.05, 0.1) is 30.1 Å². The lowest BCUT2D eigenvalue weighted by molar-refractivity contribution is -0.223. The van der Waals surface area contributed by atoms with Gasteiger partial charge in [-0.25, -0.2) is 4.79 Å². The maximum atomic E-state index is 12.6. The van der Waals surface area contributed by atoms with Crippen LogP contribution in [0.5, 0.6) is 11.5 Å².